The van der Waals surface area contributed by atoms with E-state index in [2.05, 4.69) is 22.1 Å². The van der Waals surface area contributed by atoms with Crippen LogP contribution in [0.15, 0.2) is 16.8 Å². The van der Waals surface area contributed by atoms with E-state index in [0.29, 0.717) is 5.78 Å². The van der Waals surface area contributed by atoms with Gasteiger partial charge in [-0.3, -0.25) is 4.79 Å². The van der Waals surface area contributed by atoms with E-state index in [0.717, 1.165) is 44.7 Å². The number of aryl methyl sites for hydroxylation is 1. The summed E-state index contributed by atoms with van der Waals surface area (Å²) in [6, 6.07) is 2.12. The van der Waals surface area contributed by atoms with Gasteiger partial charge in [-0.15, -0.1) is 0 Å². The molecule has 3 heteroatoms. The fraction of sp³-hybridized carbons (Fsp3) is 0.643. The lowest BCUT2D eigenvalue weighted by Crippen LogP contribution is -2.28. The predicted molar refractivity (Wildman–Crippen MR) is 72.5 cm³/mol. The van der Waals surface area contributed by atoms with Crippen LogP contribution in [0.3, 0.4) is 0 Å². The molecule has 1 N–H and O–H groups in total. The van der Waals surface area contributed by atoms with Crippen molar-refractivity contribution in [2.24, 2.45) is 5.92 Å². The second-order valence-electron chi connectivity index (χ2n) is 4.90. The molecule has 1 saturated heterocycles. The summed E-state index contributed by atoms with van der Waals surface area (Å²) in [7, 11) is 0. The number of rotatable bonds is 6. The Kier molecular flexibility index (Phi) is 5.20. The molecule has 1 fully saturated rings. The maximum atomic E-state index is 11.8. The zero-order valence-corrected chi connectivity index (χ0v) is 11.1. The number of hydrogen-bond donors (Lipinski definition) is 1. The van der Waals surface area contributed by atoms with Gasteiger partial charge in [0, 0.05) is 12.8 Å². The van der Waals surface area contributed by atoms with E-state index in [1.54, 1.807) is 11.3 Å². The van der Waals surface area contributed by atoms with Gasteiger partial charge in [0.05, 0.1) is 0 Å². The smallest absolute Gasteiger partial charge is 0.133 e. The zero-order valence-electron chi connectivity index (χ0n) is 10.3. The van der Waals surface area contributed by atoms with Crippen molar-refractivity contribution in [2.75, 3.05) is 13.1 Å². The first-order chi connectivity index (χ1) is 8.34. The molecule has 2 heterocycles. The third kappa shape index (κ3) is 4.60. The van der Waals surface area contributed by atoms with E-state index in [4.69, 9.17) is 0 Å². The highest BCUT2D eigenvalue weighted by Gasteiger charge is 2.14. The minimum atomic E-state index is 0.440. The molecule has 0 bridgehead atoms. The van der Waals surface area contributed by atoms with Gasteiger partial charge in [-0.2, -0.15) is 11.3 Å². The summed E-state index contributed by atoms with van der Waals surface area (Å²) < 4.78 is 0. The summed E-state index contributed by atoms with van der Waals surface area (Å²) in [6.07, 6.45) is 6.03. The Morgan fingerprint density at radius 2 is 2.18 bits per heavy atom. The first kappa shape index (κ1) is 12.8. The van der Waals surface area contributed by atoms with E-state index in [-0.39, 0.29) is 0 Å². The molecule has 1 aromatic rings. The van der Waals surface area contributed by atoms with Gasteiger partial charge in [0.2, 0.25) is 0 Å². The van der Waals surface area contributed by atoms with Crippen LogP contribution in [0, 0.1) is 5.92 Å². The Balaban J connectivity index is 1.60. The van der Waals surface area contributed by atoms with Crippen molar-refractivity contribution in [2.45, 2.75) is 38.5 Å². The van der Waals surface area contributed by atoms with Gasteiger partial charge >= 0.3 is 0 Å². The highest BCUT2D eigenvalue weighted by molar-refractivity contribution is 7.07. The fourth-order valence-electron chi connectivity index (χ4n) is 2.38. The number of hydrogen-bond acceptors (Lipinski definition) is 3. The first-order valence-corrected chi connectivity index (χ1v) is 7.52. The van der Waals surface area contributed by atoms with Crippen LogP contribution >= 0.6 is 11.3 Å². The van der Waals surface area contributed by atoms with Crippen molar-refractivity contribution >= 4 is 17.1 Å². The van der Waals surface area contributed by atoms with E-state index >= 15 is 0 Å². The van der Waals surface area contributed by atoms with Crippen molar-refractivity contribution < 1.29 is 4.79 Å². The molecule has 17 heavy (non-hydrogen) atoms. The number of thiophene rings is 1. The average Bonchev–Trinajstić information content (AvgIpc) is 2.88. The zero-order chi connectivity index (χ0) is 11.9. The molecule has 0 aromatic carbocycles. The van der Waals surface area contributed by atoms with Crippen LogP contribution in [0.4, 0.5) is 0 Å². The number of piperidine rings is 1. The third-order valence-electron chi connectivity index (χ3n) is 3.56. The molecule has 0 amide bonds. The third-order valence-corrected chi connectivity index (χ3v) is 4.29. The highest BCUT2D eigenvalue weighted by Crippen LogP contribution is 2.18. The van der Waals surface area contributed by atoms with Crippen molar-refractivity contribution in [3.8, 4) is 0 Å². The monoisotopic (exact) mass is 251 g/mol. The Morgan fingerprint density at radius 1 is 1.35 bits per heavy atom. The van der Waals surface area contributed by atoms with Crippen molar-refractivity contribution in [3.05, 3.63) is 22.4 Å². The maximum absolute atomic E-state index is 11.8. The normalized spacial score (nSPS) is 17.2. The van der Waals surface area contributed by atoms with E-state index in [1.807, 2.05) is 0 Å². The first-order valence-electron chi connectivity index (χ1n) is 6.58. The van der Waals surface area contributed by atoms with Crippen molar-refractivity contribution in [1.29, 1.82) is 0 Å². The number of carbonyl (C=O) groups is 1. The maximum Gasteiger partial charge on any atom is 0.133 e. The summed E-state index contributed by atoms with van der Waals surface area (Å²) in [5.41, 5.74) is 1.31. The minimum absolute atomic E-state index is 0.440. The summed E-state index contributed by atoms with van der Waals surface area (Å²) in [5, 5.41) is 7.58. The standard InChI is InChI=1S/C14H21NOS/c16-14(4-2-13-7-10-17-11-13)3-1-12-5-8-15-9-6-12/h7,10-12,15H,1-6,8-9H2. The van der Waals surface area contributed by atoms with Crippen LogP contribution in [-0.2, 0) is 11.2 Å². The van der Waals surface area contributed by atoms with Gasteiger partial charge in [0.25, 0.3) is 0 Å². The van der Waals surface area contributed by atoms with Crippen LogP contribution in [-0.4, -0.2) is 18.9 Å². The van der Waals surface area contributed by atoms with Gasteiger partial charge in [0.15, 0.2) is 0 Å². The number of nitrogens with one attached hydrogen (secondary N) is 1. The van der Waals surface area contributed by atoms with Crippen LogP contribution in [0.5, 0.6) is 0 Å². The molecule has 94 valence electrons. The molecule has 1 aromatic heterocycles. The van der Waals surface area contributed by atoms with Gasteiger partial charge in [-0.25, -0.2) is 0 Å². The van der Waals surface area contributed by atoms with Crippen LogP contribution in [0.2, 0.25) is 0 Å². The molecule has 1 aliphatic heterocycles. The molecular formula is C14H21NOS. The SMILES string of the molecule is O=C(CCc1ccsc1)CCC1CCNCC1. The summed E-state index contributed by atoms with van der Waals surface area (Å²) >= 11 is 1.71. The van der Waals surface area contributed by atoms with Crippen LogP contribution in [0.1, 0.15) is 37.7 Å². The second kappa shape index (κ2) is 6.92. The van der Waals surface area contributed by atoms with Crippen molar-refractivity contribution in [3.63, 3.8) is 0 Å². The minimum Gasteiger partial charge on any atom is -0.317 e. The van der Waals surface area contributed by atoms with Gasteiger partial charge in [-0.05, 0) is 67.1 Å². The molecule has 0 spiro atoms. The second-order valence-corrected chi connectivity index (χ2v) is 5.68. The Hall–Kier alpha value is -0.670. The van der Waals surface area contributed by atoms with E-state index in [1.165, 1.54) is 18.4 Å². The Labute approximate surface area is 107 Å². The Morgan fingerprint density at radius 3 is 2.88 bits per heavy atom. The summed E-state index contributed by atoms with van der Waals surface area (Å²) in [6.45, 7) is 2.27. The fourth-order valence-corrected chi connectivity index (χ4v) is 3.08. The number of carbonyl (C=O) groups excluding carboxylic acids is 1. The molecule has 1 aliphatic rings. The summed E-state index contributed by atoms with van der Waals surface area (Å²) in [5.74, 6) is 1.22. The summed E-state index contributed by atoms with van der Waals surface area (Å²) in [4.78, 5) is 11.8. The quantitative estimate of drug-likeness (QED) is 0.842. The van der Waals surface area contributed by atoms with Gasteiger partial charge < -0.3 is 5.32 Å². The number of ketones is 1. The van der Waals surface area contributed by atoms with Crippen LogP contribution in [0.25, 0.3) is 0 Å². The lowest BCUT2D eigenvalue weighted by Gasteiger charge is -2.22. The molecule has 0 radical (unpaired) electrons. The average molecular weight is 251 g/mol. The molecule has 0 saturated carbocycles. The molecular weight excluding hydrogens is 230 g/mol. The Bertz CT molecular complexity index is 328. The van der Waals surface area contributed by atoms with Gasteiger partial charge in [-0.1, -0.05) is 0 Å². The molecule has 2 nitrogen and oxygen atoms in total. The molecule has 0 aliphatic carbocycles. The lowest BCUT2D eigenvalue weighted by atomic mass is 9.91. The number of Topliss-reactive ketones (excluding diaryl/α,β-unsaturated/α-hetero) is 1. The van der Waals surface area contributed by atoms with Crippen molar-refractivity contribution in [1.82, 2.24) is 5.32 Å². The molecule has 0 unspecified atom stereocenters. The topological polar surface area (TPSA) is 29.1 Å². The molecule has 2 rings (SSSR count). The molecule has 0 atom stereocenters. The highest BCUT2D eigenvalue weighted by atomic mass is 32.1. The predicted octanol–water partition coefficient (Wildman–Crippen LogP) is 3.03. The van der Waals surface area contributed by atoms with Gasteiger partial charge in [0.1, 0.15) is 5.78 Å². The largest absolute Gasteiger partial charge is 0.317 e. The van der Waals surface area contributed by atoms with E-state index in [9.17, 15) is 4.79 Å². The lowest BCUT2D eigenvalue weighted by molar-refractivity contribution is -0.119. The van der Waals surface area contributed by atoms with Crippen LogP contribution < -0.4 is 5.32 Å². The van der Waals surface area contributed by atoms with E-state index < -0.39 is 0 Å².